The summed E-state index contributed by atoms with van der Waals surface area (Å²) in [5.74, 6) is 2.46. The number of aliphatic imine (C=N–C) groups is 1. The number of ether oxygens (including phenoxy) is 2. The van der Waals surface area contributed by atoms with Gasteiger partial charge in [0.25, 0.3) is 0 Å². The van der Waals surface area contributed by atoms with Crippen LogP contribution in [0.5, 0.6) is 11.5 Å². The van der Waals surface area contributed by atoms with E-state index in [0.29, 0.717) is 19.8 Å². The van der Waals surface area contributed by atoms with Crippen LogP contribution < -0.4 is 14.8 Å². The van der Waals surface area contributed by atoms with Crippen LogP contribution in [0.25, 0.3) is 0 Å². The number of nitrogens with one attached hydrogen (secondary N) is 1. The SMILES string of the molecule is CN=C(NCc1nc(C)c(C)s1)N(C)Cc1ccc2c(c1)OCCO2. The average Bonchev–Trinajstić information content (AvgIpc) is 2.93. The second kappa shape index (κ2) is 7.74. The van der Waals surface area contributed by atoms with Crippen molar-refractivity contribution in [2.24, 2.45) is 4.99 Å². The lowest BCUT2D eigenvalue weighted by molar-refractivity contribution is 0.171. The van der Waals surface area contributed by atoms with E-state index in [0.717, 1.165) is 40.3 Å². The topological polar surface area (TPSA) is 59.0 Å². The Hall–Kier alpha value is -2.28. The van der Waals surface area contributed by atoms with Crippen LogP contribution in [-0.4, -0.2) is 43.2 Å². The Balaban J connectivity index is 1.61. The molecule has 2 aromatic rings. The van der Waals surface area contributed by atoms with E-state index in [1.165, 1.54) is 4.88 Å². The highest BCUT2D eigenvalue weighted by atomic mass is 32.1. The summed E-state index contributed by atoms with van der Waals surface area (Å²) in [5.41, 5.74) is 2.25. The normalized spacial score (nSPS) is 13.7. The van der Waals surface area contributed by atoms with Crippen LogP contribution in [0.1, 0.15) is 21.1 Å². The fourth-order valence-corrected chi connectivity index (χ4v) is 3.56. The molecule has 0 atom stereocenters. The van der Waals surface area contributed by atoms with Crippen LogP contribution in [0.2, 0.25) is 0 Å². The van der Waals surface area contributed by atoms with Crippen molar-refractivity contribution in [3.8, 4) is 11.5 Å². The third kappa shape index (κ3) is 4.22. The van der Waals surface area contributed by atoms with Gasteiger partial charge in [0.1, 0.15) is 18.2 Å². The van der Waals surface area contributed by atoms with Crippen molar-refractivity contribution >= 4 is 17.3 Å². The summed E-state index contributed by atoms with van der Waals surface area (Å²) in [6.07, 6.45) is 0. The summed E-state index contributed by atoms with van der Waals surface area (Å²) in [6, 6.07) is 6.06. The van der Waals surface area contributed by atoms with Crippen LogP contribution in [0.15, 0.2) is 23.2 Å². The second-order valence-corrected chi connectivity index (χ2v) is 7.27. The number of rotatable bonds is 4. The first-order valence-electron chi connectivity index (χ1n) is 8.30. The molecule has 25 heavy (non-hydrogen) atoms. The molecular weight excluding hydrogens is 336 g/mol. The molecule has 0 saturated carbocycles. The number of hydrogen-bond acceptors (Lipinski definition) is 5. The van der Waals surface area contributed by atoms with Gasteiger partial charge in [-0.1, -0.05) is 6.07 Å². The molecule has 1 N–H and O–H groups in total. The van der Waals surface area contributed by atoms with Crippen LogP contribution >= 0.6 is 11.3 Å². The maximum atomic E-state index is 5.66. The Morgan fingerprint density at radius 1 is 1.28 bits per heavy atom. The van der Waals surface area contributed by atoms with Crippen molar-refractivity contribution in [3.05, 3.63) is 39.3 Å². The molecule has 2 heterocycles. The number of guanidine groups is 1. The zero-order valence-corrected chi connectivity index (χ0v) is 15.9. The van der Waals surface area contributed by atoms with Crippen LogP contribution in [-0.2, 0) is 13.1 Å². The fraction of sp³-hybridized carbons (Fsp3) is 0.444. The molecule has 7 heteroatoms. The molecule has 0 fully saturated rings. The van der Waals surface area contributed by atoms with Crippen molar-refractivity contribution in [2.75, 3.05) is 27.3 Å². The Kier molecular flexibility index (Phi) is 5.43. The largest absolute Gasteiger partial charge is 0.486 e. The maximum Gasteiger partial charge on any atom is 0.194 e. The molecule has 1 aliphatic rings. The van der Waals surface area contributed by atoms with Crippen LogP contribution in [0.4, 0.5) is 0 Å². The van der Waals surface area contributed by atoms with Gasteiger partial charge in [-0.15, -0.1) is 11.3 Å². The van der Waals surface area contributed by atoms with E-state index >= 15 is 0 Å². The Labute approximate surface area is 152 Å². The zero-order chi connectivity index (χ0) is 17.8. The quantitative estimate of drug-likeness (QED) is 0.671. The Morgan fingerprint density at radius 2 is 2.04 bits per heavy atom. The number of thiazole rings is 1. The number of hydrogen-bond donors (Lipinski definition) is 1. The van der Waals surface area contributed by atoms with Crippen molar-refractivity contribution in [1.82, 2.24) is 15.2 Å². The number of aryl methyl sites for hydroxylation is 2. The first-order valence-corrected chi connectivity index (χ1v) is 9.11. The lowest BCUT2D eigenvalue weighted by Gasteiger charge is -2.23. The van der Waals surface area contributed by atoms with Gasteiger partial charge >= 0.3 is 0 Å². The summed E-state index contributed by atoms with van der Waals surface area (Å²) in [7, 11) is 3.81. The minimum Gasteiger partial charge on any atom is -0.486 e. The van der Waals surface area contributed by atoms with E-state index in [1.807, 2.05) is 26.1 Å². The summed E-state index contributed by atoms with van der Waals surface area (Å²) < 4.78 is 11.2. The summed E-state index contributed by atoms with van der Waals surface area (Å²) >= 11 is 1.72. The Morgan fingerprint density at radius 3 is 2.72 bits per heavy atom. The lowest BCUT2D eigenvalue weighted by atomic mass is 10.2. The van der Waals surface area contributed by atoms with Gasteiger partial charge in [0.2, 0.25) is 0 Å². The second-order valence-electron chi connectivity index (χ2n) is 5.98. The van der Waals surface area contributed by atoms with E-state index in [9.17, 15) is 0 Å². The van der Waals surface area contributed by atoms with Gasteiger partial charge < -0.3 is 19.7 Å². The molecule has 0 bridgehead atoms. The van der Waals surface area contributed by atoms with Gasteiger partial charge in [0.15, 0.2) is 17.5 Å². The molecule has 0 spiro atoms. The molecule has 1 aliphatic heterocycles. The number of nitrogens with zero attached hydrogens (tertiary/aromatic N) is 3. The molecule has 3 rings (SSSR count). The summed E-state index contributed by atoms with van der Waals surface area (Å²) in [5, 5.41) is 4.45. The third-order valence-electron chi connectivity index (χ3n) is 4.07. The lowest BCUT2D eigenvalue weighted by Crippen LogP contribution is -2.38. The maximum absolute atomic E-state index is 5.66. The van der Waals surface area contributed by atoms with E-state index in [1.54, 1.807) is 18.4 Å². The van der Waals surface area contributed by atoms with E-state index in [2.05, 4.69) is 33.2 Å². The molecular formula is C18H24N4O2S. The third-order valence-corrected chi connectivity index (χ3v) is 5.14. The minimum atomic E-state index is 0.599. The summed E-state index contributed by atoms with van der Waals surface area (Å²) in [6.45, 7) is 6.75. The standard InChI is InChI=1S/C18H24N4O2S/c1-12-13(2)25-17(21-12)10-20-18(19-3)22(4)11-14-5-6-15-16(9-14)24-8-7-23-15/h5-6,9H,7-8,10-11H2,1-4H3,(H,19,20). The molecule has 0 amide bonds. The van der Waals surface area contributed by atoms with Crippen molar-refractivity contribution in [1.29, 1.82) is 0 Å². The van der Waals surface area contributed by atoms with Gasteiger partial charge in [0.05, 0.1) is 12.2 Å². The van der Waals surface area contributed by atoms with E-state index < -0.39 is 0 Å². The molecule has 1 aromatic heterocycles. The van der Waals surface area contributed by atoms with Crippen molar-refractivity contribution in [3.63, 3.8) is 0 Å². The van der Waals surface area contributed by atoms with Gasteiger partial charge in [-0.25, -0.2) is 4.98 Å². The van der Waals surface area contributed by atoms with Gasteiger partial charge in [-0.05, 0) is 31.5 Å². The highest BCUT2D eigenvalue weighted by Crippen LogP contribution is 2.31. The number of benzene rings is 1. The highest BCUT2D eigenvalue weighted by molar-refractivity contribution is 7.11. The van der Waals surface area contributed by atoms with Crippen LogP contribution in [0.3, 0.4) is 0 Å². The molecule has 6 nitrogen and oxygen atoms in total. The van der Waals surface area contributed by atoms with Gasteiger partial charge in [-0.3, -0.25) is 4.99 Å². The van der Waals surface area contributed by atoms with Gasteiger partial charge in [-0.2, -0.15) is 0 Å². The number of aromatic nitrogens is 1. The van der Waals surface area contributed by atoms with E-state index in [4.69, 9.17) is 9.47 Å². The van der Waals surface area contributed by atoms with E-state index in [-0.39, 0.29) is 0 Å². The molecule has 134 valence electrons. The van der Waals surface area contributed by atoms with Gasteiger partial charge in [0, 0.05) is 25.5 Å². The monoisotopic (exact) mass is 360 g/mol. The fourth-order valence-electron chi connectivity index (χ4n) is 2.69. The minimum absolute atomic E-state index is 0.599. The molecule has 1 aromatic carbocycles. The molecule has 0 aliphatic carbocycles. The molecule has 0 saturated heterocycles. The molecule has 0 radical (unpaired) electrons. The first-order chi connectivity index (χ1) is 12.1. The predicted octanol–water partition coefficient (Wildman–Crippen LogP) is 2.74. The predicted molar refractivity (Wildman–Crippen MR) is 101 cm³/mol. The van der Waals surface area contributed by atoms with Crippen molar-refractivity contribution < 1.29 is 9.47 Å². The van der Waals surface area contributed by atoms with Crippen LogP contribution in [0, 0.1) is 13.8 Å². The van der Waals surface area contributed by atoms with Crippen molar-refractivity contribution in [2.45, 2.75) is 26.9 Å². The Bertz CT molecular complexity index is 753. The smallest absolute Gasteiger partial charge is 0.194 e. The average molecular weight is 360 g/mol. The number of fused-ring (bicyclic) bond motifs is 1. The highest BCUT2D eigenvalue weighted by Gasteiger charge is 2.14. The zero-order valence-electron chi connectivity index (χ0n) is 15.1. The summed E-state index contributed by atoms with van der Waals surface area (Å²) in [4.78, 5) is 12.3. The molecule has 0 unspecified atom stereocenters. The first kappa shape index (κ1) is 17.5.